The molecule has 5 nitrogen and oxygen atoms in total. The number of unbranched alkanes of at least 4 members (excludes halogenated alkanes) is 1. The zero-order valence-electron chi connectivity index (χ0n) is 15.0. The summed E-state index contributed by atoms with van der Waals surface area (Å²) in [5.41, 5.74) is -0.636. The molecular formula is C19H20F3N3O2. The van der Waals surface area contributed by atoms with E-state index in [9.17, 15) is 22.8 Å². The van der Waals surface area contributed by atoms with Gasteiger partial charge in [-0.15, -0.1) is 0 Å². The van der Waals surface area contributed by atoms with Crippen LogP contribution in [-0.4, -0.2) is 35.3 Å². The number of hydrogen-bond acceptors (Lipinski definition) is 3. The molecule has 0 unspecified atom stereocenters. The number of carbonyl (C=O) groups excluding carboxylic acids is 2. The molecule has 0 aliphatic carbocycles. The second kappa shape index (κ2) is 8.66. The lowest BCUT2D eigenvalue weighted by atomic mass is 10.1. The van der Waals surface area contributed by atoms with E-state index in [0.29, 0.717) is 6.54 Å². The second-order valence-electron chi connectivity index (χ2n) is 6.04. The molecular weight excluding hydrogens is 359 g/mol. The molecule has 1 aromatic heterocycles. The van der Waals surface area contributed by atoms with Gasteiger partial charge in [0, 0.05) is 31.0 Å². The number of nitrogens with zero attached hydrogens (tertiary/aromatic N) is 2. The van der Waals surface area contributed by atoms with Crippen molar-refractivity contribution in [3.05, 3.63) is 59.4 Å². The number of halogens is 3. The fourth-order valence-corrected chi connectivity index (χ4v) is 2.37. The molecule has 0 spiro atoms. The molecule has 1 heterocycles. The number of alkyl halides is 3. The Hall–Kier alpha value is -2.90. The number of aromatic nitrogens is 1. The predicted octanol–water partition coefficient (Wildman–Crippen LogP) is 4.22. The lowest BCUT2D eigenvalue weighted by Crippen LogP contribution is -2.28. The quantitative estimate of drug-likeness (QED) is 0.817. The molecule has 1 aromatic carbocycles. The molecule has 2 amide bonds. The van der Waals surface area contributed by atoms with Crippen LogP contribution >= 0.6 is 0 Å². The fourth-order valence-electron chi connectivity index (χ4n) is 2.37. The number of amides is 2. The Bertz CT molecular complexity index is 822. The van der Waals surface area contributed by atoms with E-state index in [0.717, 1.165) is 25.0 Å². The van der Waals surface area contributed by atoms with Gasteiger partial charge in [0.2, 0.25) is 0 Å². The van der Waals surface area contributed by atoms with Crippen molar-refractivity contribution in [1.82, 2.24) is 9.88 Å². The van der Waals surface area contributed by atoms with Gasteiger partial charge in [0.05, 0.1) is 5.56 Å². The summed E-state index contributed by atoms with van der Waals surface area (Å²) < 4.78 is 38.3. The summed E-state index contributed by atoms with van der Waals surface area (Å²) in [6, 6.07) is 7.12. The van der Waals surface area contributed by atoms with E-state index >= 15 is 0 Å². The molecule has 2 rings (SSSR count). The van der Waals surface area contributed by atoms with Gasteiger partial charge >= 0.3 is 6.18 Å². The zero-order valence-corrected chi connectivity index (χ0v) is 15.0. The first-order valence-corrected chi connectivity index (χ1v) is 8.42. The van der Waals surface area contributed by atoms with Crippen LogP contribution in [0.15, 0.2) is 42.6 Å². The summed E-state index contributed by atoms with van der Waals surface area (Å²) in [5.74, 6) is -0.945. The standard InChI is InChI=1S/C19H20F3N3O2/c1-3-4-10-25(2)18(27)13-8-9-23-16(11-13)17(26)24-15-7-5-6-14(12-15)19(20,21)22/h5-9,11-12H,3-4,10H2,1-2H3,(H,24,26). The maximum absolute atomic E-state index is 12.8. The van der Waals surface area contributed by atoms with Crippen LogP contribution in [0, 0.1) is 0 Å². The highest BCUT2D eigenvalue weighted by molar-refractivity contribution is 6.04. The molecule has 0 bridgehead atoms. The van der Waals surface area contributed by atoms with E-state index in [1.807, 2.05) is 6.92 Å². The highest BCUT2D eigenvalue weighted by atomic mass is 19.4. The number of nitrogens with one attached hydrogen (secondary N) is 1. The van der Waals surface area contributed by atoms with Gasteiger partial charge in [0.15, 0.2) is 0 Å². The Kier molecular flexibility index (Phi) is 6.55. The molecule has 1 N–H and O–H groups in total. The molecule has 144 valence electrons. The number of hydrogen-bond donors (Lipinski definition) is 1. The molecule has 0 aliphatic heterocycles. The number of anilines is 1. The van der Waals surface area contributed by atoms with Crippen LogP contribution in [0.5, 0.6) is 0 Å². The van der Waals surface area contributed by atoms with Gasteiger partial charge in [-0.1, -0.05) is 19.4 Å². The minimum atomic E-state index is -4.51. The number of carbonyl (C=O) groups is 2. The summed E-state index contributed by atoms with van der Waals surface area (Å²) in [4.78, 5) is 30.1. The normalized spacial score (nSPS) is 11.1. The monoisotopic (exact) mass is 379 g/mol. The van der Waals surface area contributed by atoms with Crippen molar-refractivity contribution in [2.45, 2.75) is 25.9 Å². The van der Waals surface area contributed by atoms with E-state index in [4.69, 9.17) is 0 Å². The third-order valence-electron chi connectivity index (χ3n) is 3.88. The first-order valence-electron chi connectivity index (χ1n) is 8.42. The molecule has 0 radical (unpaired) electrons. The van der Waals surface area contributed by atoms with Gasteiger partial charge in [0.25, 0.3) is 11.8 Å². The predicted molar refractivity (Wildman–Crippen MR) is 95.5 cm³/mol. The molecule has 27 heavy (non-hydrogen) atoms. The first-order chi connectivity index (χ1) is 12.7. The topological polar surface area (TPSA) is 62.3 Å². The second-order valence-corrected chi connectivity index (χ2v) is 6.04. The lowest BCUT2D eigenvalue weighted by molar-refractivity contribution is -0.137. The molecule has 2 aromatic rings. The number of benzene rings is 1. The molecule has 0 atom stereocenters. The van der Waals surface area contributed by atoms with E-state index in [1.54, 1.807) is 11.9 Å². The largest absolute Gasteiger partial charge is 0.416 e. The van der Waals surface area contributed by atoms with Crippen molar-refractivity contribution in [3.63, 3.8) is 0 Å². The zero-order chi connectivity index (χ0) is 20.0. The molecule has 0 fully saturated rings. The van der Waals surface area contributed by atoms with Crippen LogP contribution in [0.3, 0.4) is 0 Å². The minimum absolute atomic E-state index is 0.00609. The maximum atomic E-state index is 12.8. The summed E-state index contributed by atoms with van der Waals surface area (Å²) in [7, 11) is 1.67. The Labute approximate surface area is 155 Å². The van der Waals surface area contributed by atoms with Crippen molar-refractivity contribution in [1.29, 1.82) is 0 Å². The average Bonchev–Trinajstić information content (AvgIpc) is 2.65. The molecule has 0 aliphatic rings. The summed E-state index contributed by atoms with van der Waals surface area (Å²) in [6.45, 7) is 2.60. The Balaban J connectivity index is 2.15. The average molecular weight is 379 g/mol. The van der Waals surface area contributed by atoms with Crippen molar-refractivity contribution in [2.24, 2.45) is 0 Å². The third kappa shape index (κ3) is 5.54. The van der Waals surface area contributed by atoms with Gasteiger partial charge in [-0.2, -0.15) is 13.2 Å². The highest BCUT2D eigenvalue weighted by Crippen LogP contribution is 2.30. The van der Waals surface area contributed by atoms with Crippen LogP contribution in [0.1, 0.15) is 46.2 Å². The highest BCUT2D eigenvalue weighted by Gasteiger charge is 2.30. The maximum Gasteiger partial charge on any atom is 0.416 e. The number of pyridine rings is 1. The Morgan fingerprint density at radius 1 is 1.19 bits per heavy atom. The summed E-state index contributed by atoms with van der Waals surface area (Å²) >= 11 is 0. The van der Waals surface area contributed by atoms with Crippen molar-refractivity contribution in [3.8, 4) is 0 Å². The van der Waals surface area contributed by atoms with Crippen LogP contribution in [0.2, 0.25) is 0 Å². The molecule has 0 saturated heterocycles. The molecule has 0 saturated carbocycles. The third-order valence-corrected chi connectivity index (χ3v) is 3.88. The summed E-state index contributed by atoms with van der Waals surface area (Å²) in [5, 5.41) is 2.37. The smallest absolute Gasteiger partial charge is 0.342 e. The van der Waals surface area contributed by atoms with Gasteiger partial charge in [0.1, 0.15) is 5.69 Å². The van der Waals surface area contributed by atoms with Crippen LogP contribution in [-0.2, 0) is 6.18 Å². The number of rotatable bonds is 6. The van der Waals surface area contributed by atoms with Gasteiger partial charge in [-0.25, -0.2) is 0 Å². The van der Waals surface area contributed by atoms with Gasteiger partial charge < -0.3 is 10.2 Å². The van der Waals surface area contributed by atoms with E-state index in [2.05, 4.69) is 10.3 Å². The molecule has 8 heteroatoms. The van der Waals surface area contributed by atoms with Crippen molar-refractivity contribution < 1.29 is 22.8 Å². The minimum Gasteiger partial charge on any atom is -0.342 e. The van der Waals surface area contributed by atoms with Crippen molar-refractivity contribution >= 4 is 17.5 Å². The van der Waals surface area contributed by atoms with Crippen molar-refractivity contribution in [2.75, 3.05) is 18.9 Å². The first kappa shape index (κ1) is 20.4. The fraction of sp³-hybridized carbons (Fsp3) is 0.316. The van der Waals surface area contributed by atoms with Crippen LogP contribution < -0.4 is 5.32 Å². The van der Waals surface area contributed by atoms with Gasteiger partial charge in [-0.05, 0) is 36.8 Å². The van der Waals surface area contributed by atoms with E-state index in [-0.39, 0.29) is 22.9 Å². The Morgan fingerprint density at radius 2 is 1.93 bits per heavy atom. The van der Waals surface area contributed by atoms with Crippen LogP contribution in [0.25, 0.3) is 0 Å². The van der Waals surface area contributed by atoms with E-state index < -0.39 is 17.6 Å². The van der Waals surface area contributed by atoms with E-state index in [1.165, 1.54) is 30.5 Å². The SMILES string of the molecule is CCCCN(C)C(=O)c1ccnc(C(=O)Nc2cccc(C(F)(F)F)c2)c1. The summed E-state index contributed by atoms with van der Waals surface area (Å²) in [6.07, 6.45) is -1.38. The lowest BCUT2D eigenvalue weighted by Gasteiger charge is -2.17. The van der Waals surface area contributed by atoms with Gasteiger partial charge in [-0.3, -0.25) is 14.6 Å². The Morgan fingerprint density at radius 3 is 2.59 bits per heavy atom. The van der Waals surface area contributed by atoms with Crippen LogP contribution in [0.4, 0.5) is 18.9 Å².